The van der Waals surface area contributed by atoms with E-state index in [9.17, 15) is 0 Å². The Morgan fingerprint density at radius 1 is 1.08 bits per heavy atom. The summed E-state index contributed by atoms with van der Waals surface area (Å²) < 4.78 is 0. The molecule has 60 valence electrons. The first-order valence-corrected chi connectivity index (χ1v) is 3.40. The van der Waals surface area contributed by atoms with Crippen LogP contribution >= 0.6 is 0 Å². The lowest BCUT2D eigenvalue weighted by molar-refractivity contribution is 0.382. The molecule has 2 N–H and O–H groups in total. The van der Waals surface area contributed by atoms with Crippen LogP contribution in [0, 0.1) is 0 Å². The molecule has 0 spiro atoms. The van der Waals surface area contributed by atoms with Gasteiger partial charge in [0.2, 0.25) is 0 Å². The molecule has 1 heterocycles. The average Bonchev–Trinajstić information content (AvgIpc) is 2.17. The summed E-state index contributed by atoms with van der Waals surface area (Å²) in [5.41, 5.74) is 3.24. The van der Waals surface area contributed by atoms with Crippen molar-refractivity contribution in [2.75, 3.05) is 5.48 Å². The lowest BCUT2D eigenvalue weighted by Crippen LogP contribution is -1.98. The minimum atomic E-state index is 0.105. The molecule has 0 bridgehead atoms. The second kappa shape index (κ2) is 2.71. The molecule has 0 amide bonds. The fraction of sp³-hybridized carbons (Fsp3) is 0. The third-order valence-electron chi connectivity index (χ3n) is 1.46. The minimum absolute atomic E-state index is 0.105. The van der Waals surface area contributed by atoms with Crippen LogP contribution in [0.25, 0.3) is 11.0 Å². The fourth-order valence-corrected chi connectivity index (χ4v) is 0.928. The molecule has 5 nitrogen and oxygen atoms in total. The Morgan fingerprint density at radius 3 is 2.58 bits per heavy atom. The molecule has 2 rings (SSSR count). The Balaban J connectivity index is 2.67. The Hall–Kier alpha value is -1.75. The van der Waals surface area contributed by atoms with E-state index in [-0.39, 0.29) is 5.95 Å². The molecule has 0 saturated carbocycles. The van der Waals surface area contributed by atoms with E-state index in [4.69, 9.17) is 5.21 Å². The van der Waals surface area contributed by atoms with Crippen molar-refractivity contribution in [3.8, 4) is 0 Å². The molecule has 0 unspecified atom stereocenters. The Labute approximate surface area is 68.0 Å². The number of benzene rings is 1. The monoisotopic (exact) mass is 162 g/mol. The van der Waals surface area contributed by atoms with Crippen molar-refractivity contribution in [2.45, 2.75) is 0 Å². The first-order chi connectivity index (χ1) is 5.90. The zero-order chi connectivity index (χ0) is 8.39. The molecule has 0 atom stereocenters. The highest BCUT2D eigenvalue weighted by molar-refractivity contribution is 5.73. The number of nitrogens with zero attached hydrogens (tertiary/aromatic N) is 3. The van der Waals surface area contributed by atoms with Gasteiger partial charge in [-0.1, -0.05) is 12.1 Å². The van der Waals surface area contributed by atoms with Crippen LogP contribution in [-0.2, 0) is 0 Å². The highest BCUT2D eigenvalue weighted by Gasteiger charge is 1.97. The molecule has 1 aromatic heterocycles. The summed E-state index contributed by atoms with van der Waals surface area (Å²) in [6.07, 6.45) is 0. The van der Waals surface area contributed by atoms with Gasteiger partial charge in [-0.05, 0) is 12.1 Å². The molecule has 5 heteroatoms. The SMILES string of the molecule is ONc1nnc2ccccc2n1. The van der Waals surface area contributed by atoms with Crippen LogP contribution in [-0.4, -0.2) is 20.4 Å². The van der Waals surface area contributed by atoms with Gasteiger partial charge in [-0.15, -0.1) is 10.2 Å². The maximum Gasteiger partial charge on any atom is 0.267 e. The van der Waals surface area contributed by atoms with Gasteiger partial charge in [-0.25, -0.2) is 10.5 Å². The van der Waals surface area contributed by atoms with E-state index in [1.807, 2.05) is 17.6 Å². The summed E-state index contributed by atoms with van der Waals surface area (Å²) in [7, 11) is 0. The molecule has 0 aliphatic carbocycles. The van der Waals surface area contributed by atoms with Crippen LogP contribution in [0.5, 0.6) is 0 Å². The van der Waals surface area contributed by atoms with E-state index in [2.05, 4.69) is 15.2 Å². The van der Waals surface area contributed by atoms with Gasteiger partial charge in [0, 0.05) is 0 Å². The van der Waals surface area contributed by atoms with Crippen molar-refractivity contribution in [1.82, 2.24) is 15.2 Å². The molecule has 0 aliphatic rings. The first kappa shape index (κ1) is 6.93. The predicted octanol–water partition coefficient (Wildman–Crippen LogP) is 0.826. The second-order valence-electron chi connectivity index (χ2n) is 2.24. The molecule has 1 aromatic carbocycles. The Bertz CT molecular complexity index is 403. The van der Waals surface area contributed by atoms with E-state index in [1.54, 1.807) is 12.1 Å². The lowest BCUT2D eigenvalue weighted by atomic mass is 10.3. The maximum atomic E-state index is 8.48. The van der Waals surface area contributed by atoms with Gasteiger partial charge < -0.3 is 0 Å². The van der Waals surface area contributed by atoms with Gasteiger partial charge >= 0.3 is 0 Å². The first-order valence-electron chi connectivity index (χ1n) is 3.40. The molecule has 0 saturated heterocycles. The standard InChI is InChI=1S/C7H6N4O/c12-11-7-8-5-3-1-2-4-6(5)9-10-7/h1-4,12H,(H,8,10,11). The van der Waals surface area contributed by atoms with Gasteiger partial charge in [0.15, 0.2) is 0 Å². The van der Waals surface area contributed by atoms with Crippen molar-refractivity contribution in [3.63, 3.8) is 0 Å². The lowest BCUT2D eigenvalue weighted by Gasteiger charge is -1.96. The van der Waals surface area contributed by atoms with Crippen LogP contribution in [0.1, 0.15) is 0 Å². The van der Waals surface area contributed by atoms with Crippen molar-refractivity contribution in [3.05, 3.63) is 24.3 Å². The summed E-state index contributed by atoms with van der Waals surface area (Å²) in [4.78, 5) is 3.96. The van der Waals surface area contributed by atoms with Gasteiger partial charge in [-0.3, -0.25) is 5.21 Å². The third kappa shape index (κ3) is 1.06. The molecular formula is C7H6N4O. The van der Waals surface area contributed by atoms with E-state index in [0.29, 0.717) is 11.0 Å². The second-order valence-corrected chi connectivity index (χ2v) is 2.24. The summed E-state index contributed by atoms with van der Waals surface area (Å²) in [6.45, 7) is 0. The van der Waals surface area contributed by atoms with Gasteiger partial charge in [0.05, 0.1) is 5.52 Å². The highest BCUT2D eigenvalue weighted by Crippen LogP contribution is 2.07. The Morgan fingerprint density at radius 2 is 1.83 bits per heavy atom. The summed E-state index contributed by atoms with van der Waals surface area (Å²) >= 11 is 0. The number of nitrogens with one attached hydrogen (secondary N) is 1. The number of rotatable bonds is 1. The summed E-state index contributed by atoms with van der Waals surface area (Å²) in [6, 6.07) is 7.30. The molecule has 0 fully saturated rings. The van der Waals surface area contributed by atoms with Crippen LogP contribution in [0.4, 0.5) is 5.95 Å². The molecule has 12 heavy (non-hydrogen) atoms. The zero-order valence-corrected chi connectivity index (χ0v) is 6.10. The largest absolute Gasteiger partial charge is 0.288 e. The Kier molecular flexibility index (Phi) is 1.56. The van der Waals surface area contributed by atoms with Crippen molar-refractivity contribution >= 4 is 17.0 Å². The van der Waals surface area contributed by atoms with Crippen molar-refractivity contribution < 1.29 is 5.21 Å². The fourth-order valence-electron chi connectivity index (χ4n) is 0.928. The van der Waals surface area contributed by atoms with Crippen LogP contribution < -0.4 is 5.48 Å². The molecular weight excluding hydrogens is 156 g/mol. The normalized spacial score (nSPS) is 10.1. The number of fused-ring (bicyclic) bond motifs is 1. The van der Waals surface area contributed by atoms with Crippen molar-refractivity contribution in [2.24, 2.45) is 0 Å². The molecule has 0 aliphatic heterocycles. The summed E-state index contributed by atoms with van der Waals surface area (Å²) in [5.74, 6) is 0.105. The third-order valence-corrected chi connectivity index (χ3v) is 1.46. The van der Waals surface area contributed by atoms with Gasteiger partial charge in [-0.2, -0.15) is 0 Å². The number of hydrogen-bond donors (Lipinski definition) is 2. The predicted molar refractivity (Wildman–Crippen MR) is 42.7 cm³/mol. The average molecular weight is 162 g/mol. The van der Waals surface area contributed by atoms with E-state index in [1.165, 1.54) is 0 Å². The topological polar surface area (TPSA) is 70.9 Å². The number of para-hydroxylation sites is 1. The quantitative estimate of drug-likeness (QED) is 0.607. The number of aromatic nitrogens is 3. The minimum Gasteiger partial charge on any atom is -0.288 e. The van der Waals surface area contributed by atoms with Gasteiger partial charge in [0.1, 0.15) is 5.52 Å². The molecule has 0 radical (unpaired) electrons. The summed E-state index contributed by atoms with van der Waals surface area (Å²) in [5, 5.41) is 15.9. The van der Waals surface area contributed by atoms with E-state index >= 15 is 0 Å². The molecule has 2 aromatic rings. The smallest absolute Gasteiger partial charge is 0.267 e. The van der Waals surface area contributed by atoms with Crippen LogP contribution in [0.3, 0.4) is 0 Å². The van der Waals surface area contributed by atoms with Gasteiger partial charge in [0.25, 0.3) is 5.95 Å². The van der Waals surface area contributed by atoms with E-state index < -0.39 is 0 Å². The zero-order valence-electron chi connectivity index (χ0n) is 6.10. The number of hydrogen-bond acceptors (Lipinski definition) is 5. The highest BCUT2D eigenvalue weighted by atomic mass is 16.5. The maximum absolute atomic E-state index is 8.48. The van der Waals surface area contributed by atoms with Crippen LogP contribution in [0.2, 0.25) is 0 Å². The van der Waals surface area contributed by atoms with E-state index in [0.717, 1.165) is 0 Å². The van der Waals surface area contributed by atoms with Crippen molar-refractivity contribution in [1.29, 1.82) is 0 Å². The number of anilines is 1. The van der Waals surface area contributed by atoms with Crippen LogP contribution in [0.15, 0.2) is 24.3 Å².